The molecule has 1 heterocycles. The summed E-state index contributed by atoms with van der Waals surface area (Å²) < 4.78 is 0. The van der Waals surface area contributed by atoms with E-state index in [0.717, 1.165) is 5.56 Å². The average Bonchev–Trinajstić information content (AvgIpc) is 2.79. The smallest absolute Gasteiger partial charge is 0.244 e. The second-order valence-electron chi connectivity index (χ2n) is 7.49. The highest BCUT2D eigenvalue weighted by molar-refractivity contribution is 6.10. The van der Waals surface area contributed by atoms with Crippen LogP contribution in [0, 0.1) is 5.92 Å². The lowest BCUT2D eigenvalue weighted by Gasteiger charge is -2.30. The lowest BCUT2D eigenvalue weighted by Crippen LogP contribution is -2.43. The molecule has 6 heteroatoms. The molecule has 0 radical (unpaired) electrons. The number of nitrogens with one attached hydrogen (secondary N) is 2. The molecule has 3 amide bonds. The van der Waals surface area contributed by atoms with E-state index in [2.05, 4.69) is 10.6 Å². The fourth-order valence-corrected chi connectivity index (χ4v) is 3.70. The highest BCUT2D eigenvalue weighted by atomic mass is 16.2. The zero-order chi connectivity index (χ0) is 21.6. The number of carbonyl (C=O) groups is 3. The summed E-state index contributed by atoms with van der Waals surface area (Å²) in [6, 6.07) is 26.0. The SMILES string of the molecule is O=C1CN(C(=O)CC(Cc2ccccc2)C(=O)Nc2ccccc2)c2ccccc2N1. The van der Waals surface area contributed by atoms with Gasteiger partial charge in [-0.05, 0) is 36.2 Å². The Morgan fingerprint density at radius 3 is 2.29 bits per heavy atom. The molecule has 0 aromatic heterocycles. The number of benzene rings is 3. The second-order valence-corrected chi connectivity index (χ2v) is 7.49. The van der Waals surface area contributed by atoms with Crippen LogP contribution in [0.15, 0.2) is 84.9 Å². The van der Waals surface area contributed by atoms with Crippen molar-refractivity contribution in [3.05, 3.63) is 90.5 Å². The van der Waals surface area contributed by atoms with Gasteiger partial charge >= 0.3 is 0 Å². The van der Waals surface area contributed by atoms with Gasteiger partial charge in [0.1, 0.15) is 6.54 Å². The molecule has 0 saturated heterocycles. The van der Waals surface area contributed by atoms with Crippen LogP contribution >= 0.6 is 0 Å². The van der Waals surface area contributed by atoms with E-state index in [-0.39, 0.29) is 30.7 Å². The van der Waals surface area contributed by atoms with Crippen LogP contribution in [0.2, 0.25) is 0 Å². The number of nitrogens with zero attached hydrogens (tertiary/aromatic N) is 1. The Labute approximate surface area is 180 Å². The van der Waals surface area contributed by atoms with Gasteiger partial charge in [-0.2, -0.15) is 0 Å². The maximum Gasteiger partial charge on any atom is 0.244 e. The van der Waals surface area contributed by atoms with Crippen molar-refractivity contribution in [1.29, 1.82) is 0 Å². The Bertz CT molecular complexity index is 1080. The molecule has 0 fully saturated rings. The average molecular weight is 413 g/mol. The predicted molar refractivity (Wildman–Crippen MR) is 121 cm³/mol. The third-order valence-corrected chi connectivity index (χ3v) is 5.23. The highest BCUT2D eigenvalue weighted by Crippen LogP contribution is 2.30. The number of anilines is 3. The van der Waals surface area contributed by atoms with Crippen molar-refractivity contribution in [3.63, 3.8) is 0 Å². The van der Waals surface area contributed by atoms with E-state index in [0.29, 0.717) is 23.5 Å². The van der Waals surface area contributed by atoms with Crippen molar-refractivity contribution in [3.8, 4) is 0 Å². The largest absolute Gasteiger partial charge is 0.326 e. The topological polar surface area (TPSA) is 78.5 Å². The molecule has 0 bridgehead atoms. The first-order valence-electron chi connectivity index (χ1n) is 10.2. The van der Waals surface area contributed by atoms with E-state index in [9.17, 15) is 14.4 Å². The van der Waals surface area contributed by atoms with Crippen LogP contribution in [0.5, 0.6) is 0 Å². The van der Waals surface area contributed by atoms with Crippen molar-refractivity contribution < 1.29 is 14.4 Å². The van der Waals surface area contributed by atoms with Gasteiger partial charge in [0, 0.05) is 12.1 Å². The number of carbonyl (C=O) groups excluding carboxylic acids is 3. The molecule has 0 spiro atoms. The minimum Gasteiger partial charge on any atom is -0.326 e. The normalized spacial score (nSPS) is 13.7. The van der Waals surface area contributed by atoms with Crippen molar-refractivity contribution in [2.75, 3.05) is 22.1 Å². The summed E-state index contributed by atoms with van der Waals surface area (Å²) in [6.07, 6.45) is 0.419. The van der Waals surface area contributed by atoms with Gasteiger partial charge in [-0.15, -0.1) is 0 Å². The summed E-state index contributed by atoms with van der Waals surface area (Å²) in [5.41, 5.74) is 2.90. The fraction of sp³-hybridized carbons (Fsp3) is 0.160. The van der Waals surface area contributed by atoms with Crippen LogP contribution in [0.1, 0.15) is 12.0 Å². The number of amides is 3. The summed E-state index contributed by atoms with van der Waals surface area (Å²) in [6.45, 7) is -0.0613. The zero-order valence-electron chi connectivity index (χ0n) is 17.0. The second kappa shape index (κ2) is 9.26. The van der Waals surface area contributed by atoms with Gasteiger partial charge in [0.2, 0.25) is 17.7 Å². The molecule has 1 aliphatic heterocycles. The van der Waals surface area contributed by atoms with Gasteiger partial charge in [0.25, 0.3) is 0 Å². The van der Waals surface area contributed by atoms with Crippen molar-refractivity contribution in [1.82, 2.24) is 0 Å². The third-order valence-electron chi connectivity index (χ3n) is 5.23. The first-order chi connectivity index (χ1) is 15.1. The summed E-state index contributed by atoms with van der Waals surface area (Å²) >= 11 is 0. The molecule has 6 nitrogen and oxygen atoms in total. The summed E-state index contributed by atoms with van der Waals surface area (Å²) in [7, 11) is 0. The van der Waals surface area contributed by atoms with Crippen LogP contribution in [0.3, 0.4) is 0 Å². The first kappa shape index (κ1) is 20.3. The van der Waals surface area contributed by atoms with Gasteiger partial charge in [-0.1, -0.05) is 60.7 Å². The summed E-state index contributed by atoms with van der Waals surface area (Å²) in [4.78, 5) is 39.9. The van der Waals surface area contributed by atoms with E-state index in [4.69, 9.17) is 0 Å². The van der Waals surface area contributed by atoms with Crippen LogP contribution in [-0.4, -0.2) is 24.3 Å². The summed E-state index contributed by atoms with van der Waals surface area (Å²) in [5, 5.41) is 5.69. The third kappa shape index (κ3) is 4.98. The van der Waals surface area contributed by atoms with Gasteiger partial charge in [0.05, 0.1) is 17.3 Å². The molecular weight excluding hydrogens is 390 g/mol. The number of hydrogen-bond donors (Lipinski definition) is 2. The zero-order valence-corrected chi connectivity index (χ0v) is 17.0. The molecule has 3 aromatic carbocycles. The Balaban J connectivity index is 1.56. The lowest BCUT2D eigenvalue weighted by molar-refractivity contribution is -0.126. The van der Waals surface area contributed by atoms with Crippen LogP contribution in [0.25, 0.3) is 0 Å². The van der Waals surface area contributed by atoms with Crippen LogP contribution in [-0.2, 0) is 20.8 Å². The molecule has 1 unspecified atom stereocenters. The van der Waals surface area contributed by atoms with Gasteiger partial charge < -0.3 is 15.5 Å². The maximum atomic E-state index is 13.2. The molecule has 31 heavy (non-hydrogen) atoms. The first-order valence-corrected chi connectivity index (χ1v) is 10.2. The monoisotopic (exact) mass is 413 g/mol. The lowest BCUT2D eigenvalue weighted by atomic mass is 9.94. The Hall–Kier alpha value is -3.93. The van der Waals surface area contributed by atoms with Crippen LogP contribution < -0.4 is 15.5 Å². The molecule has 3 aromatic rings. The number of para-hydroxylation sites is 3. The van der Waals surface area contributed by atoms with E-state index < -0.39 is 5.92 Å². The van der Waals surface area contributed by atoms with E-state index >= 15 is 0 Å². The fourth-order valence-electron chi connectivity index (χ4n) is 3.70. The molecule has 156 valence electrons. The predicted octanol–water partition coefficient (Wildman–Crippen LogP) is 3.86. The Morgan fingerprint density at radius 2 is 1.55 bits per heavy atom. The van der Waals surface area contributed by atoms with Gasteiger partial charge in [0.15, 0.2) is 0 Å². The molecule has 2 N–H and O–H groups in total. The van der Waals surface area contributed by atoms with E-state index in [1.54, 1.807) is 18.2 Å². The highest BCUT2D eigenvalue weighted by Gasteiger charge is 2.30. The Morgan fingerprint density at radius 1 is 0.903 bits per heavy atom. The number of fused-ring (bicyclic) bond motifs is 1. The molecule has 0 aliphatic carbocycles. The molecule has 4 rings (SSSR count). The van der Waals surface area contributed by atoms with Crippen LogP contribution in [0.4, 0.5) is 17.1 Å². The number of hydrogen-bond acceptors (Lipinski definition) is 3. The van der Waals surface area contributed by atoms with Crippen molar-refractivity contribution in [2.24, 2.45) is 5.92 Å². The van der Waals surface area contributed by atoms with Crippen molar-refractivity contribution in [2.45, 2.75) is 12.8 Å². The maximum absolute atomic E-state index is 13.2. The van der Waals surface area contributed by atoms with Crippen molar-refractivity contribution >= 4 is 34.8 Å². The molecule has 1 atom stereocenters. The molecule has 0 saturated carbocycles. The van der Waals surface area contributed by atoms with E-state index in [1.807, 2.05) is 66.7 Å². The summed E-state index contributed by atoms with van der Waals surface area (Å²) in [5.74, 6) is -1.31. The van der Waals surface area contributed by atoms with Gasteiger partial charge in [-0.3, -0.25) is 14.4 Å². The van der Waals surface area contributed by atoms with E-state index in [1.165, 1.54) is 4.90 Å². The van der Waals surface area contributed by atoms with Gasteiger partial charge in [-0.25, -0.2) is 0 Å². The minimum absolute atomic E-state index is 0.00479. The molecular formula is C25H23N3O3. The Kier molecular flexibility index (Phi) is 6.08. The standard InChI is InChI=1S/C25H23N3O3/c29-23-17-28(22-14-8-7-13-21(22)27-23)24(30)16-19(15-18-9-3-1-4-10-18)25(31)26-20-11-5-2-6-12-20/h1-14,19H,15-17H2,(H,26,31)(H,27,29). The quantitative estimate of drug-likeness (QED) is 0.644. The number of rotatable bonds is 6. The molecule has 1 aliphatic rings. The minimum atomic E-state index is -0.577.